The fraction of sp³-hybridized carbons (Fsp3) is 0.667. The summed E-state index contributed by atoms with van der Waals surface area (Å²) in [5.74, 6) is 0.108. The first-order valence-electron chi connectivity index (χ1n) is 5.01. The van der Waals surface area contributed by atoms with Gasteiger partial charge in [0.2, 0.25) is 0 Å². The van der Waals surface area contributed by atoms with Gasteiger partial charge in [-0.3, -0.25) is 9.78 Å². The molecule has 0 atom stereocenters. The van der Waals surface area contributed by atoms with E-state index in [4.69, 9.17) is 4.74 Å². The zero-order chi connectivity index (χ0) is 10.9. The molecule has 0 unspecified atom stereocenters. The summed E-state index contributed by atoms with van der Waals surface area (Å²) in [5, 5.41) is 6.09. The smallest absolute Gasteiger partial charge is 0.340 e. The first-order valence-corrected chi connectivity index (χ1v) is 5.01. The van der Waals surface area contributed by atoms with Gasteiger partial charge in [0.15, 0.2) is 0 Å². The van der Waals surface area contributed by atoms with Crippen LogP contribution >= 0.6 is 0 Å². The molecular weight excluding hydrogens is 198 g/mol. The summed E-state index contributed by atoms with van der Waals surface area (Å²) in [6.45, 7) is 2.10. The quantitative estimate of drug-likeness (QED) is 0.693. The van der Waals surface area contributed by atoms with Crippen LogP contribution in [-0.4, -0.2) is 27.8 Å². The number of nitrogens with one attached hydrogen (secondary N) is 2. The number of esters is 1. The molecule has 82 valence electrons. The van der Waals surface area contributed by atoms with Crippen molar-refractivity contribution in [2.45, 2.75) is 31.6 Å². The summed E-state index contributed by atoms with van der Waals surface area (Å²) in [6.07, 6.45) is 2.33. The Morgan fingerprint density at radius 2 is 2.33 bits per heavy atom. The maximum Gasteiger partial charge on any atom is 0.340 e. The van der Waals surface area contributed by atoms with E-state index in [1.165, 1.54) is 0 Å². The van der Waals surface area contributed by atoms with E-state index in [1.54, 1.807) is 6.92 Å². The first-order chi connectivity index (χ1) is 7.19. The van der Waals surface area contributed by atoms with E-state index in [9.17, 15) is 9.59 Å². The Bertz CT molecular complexity index is 416. The predicted molar refractivity (Wildman–Crippen MR) is 51.4 cm³/mol. The topological polar surface area (TPSA) is 87.8 Å². The van der Waals surface area contributed by atoms with Crippen molar-refractivity contribution < 1.29 is 9.53 Å². The molecule has 1 aliphatic carbocycles. The van der Waals surface area contributed by atoms with Gasteiger partial charge in [-0.05, 0) is 19.8 Å². The third-order valence-corrected chi connectivity index (χ3v) is 2.83. The Labute approximate surface area is 86.0 Å². The number of nitrogens with zero attached hydrogens (tertiary/aromatic N) is 1. The van der Waals surface area contributed by atoms with E-state index in [2.05, 4.69) is 15.2 Å². The molecule has 15 heavy (non-hydrogen) atoms. The molecular formula is C9H13N3O3. The van der Waals surface area contributed by atoms with Gasteiger partial charge in [0.25, 0.3) is 0 Å². The summed E-state index contributed by atoms with van der Waals surface area (Å²) in [4.78, 5) is 25.2. The highest BCUT2D eigenvalue weighted by molar-refractivity contribution is 5.83. The van der Waals surface area contributed by atoms with Crippen molar-refractivity contribution in [2.24, 2.45) is 0 Å². The van der Waals surface area contributed by atoms with E-state index in [1.807, 2.05) is 0 Å². The van der Waals surface area contributed by atoms with Crippen LogP contribution in [0.5, 0.6) is 0 Å². The van der Waals surface area contributed by atoms with Crippen LogP contribution in [0.2, 0.25) is 0 Å². The van der Waals surface area contributed by atoms with Gasteiger partial charge in [-0.2, -0.15) is 5.10 Å². The minimum Gasteiger partial charge on any atom is -0.465 e. The molecule has 0 spiro atoms. The van der Waals surface area contributed by atoms with Crippen LogP contribution in [0.15, 0.2) is 4.79 Å². The number of hydrogen-bond donors (Lipinski definition) is 2. The Balaban J connectivity index is 2.29. The van der Waals surface area contributed by atoms with Crippen LogP contribution in [0, 0.1) is 0 Å². The molecule has 2 N–H and O–H groups in total. The summed E-state index contributed by atoms with van der Waals surface area (Å²) < 4.78 is 5.00. The lowest BCUT2D eigenvalue weighted by molar-refractivity contribution is -0.154. The highest BCUT2D eigenvalue weighted by Gasteiger charge is 2.49. The van der Waals surface area contributed by atoms with Crippen LogP contribution in [0.4, 0.5) is 0 Å². The molecule has 1 saturated carbocycles. The van der Waals surface area contributed by atoms with Gasteiger partial charge >= 0.3 is 11.7 Å². The Morgan fingerprint density at radius 1 is 1.60 bits per heavy atom. The summed E-state index contributed by atoms with van der Waals surface area (Å²) >= 11 is 0. The average molecular weight is 211 g/mol. The molecule has 0 amide bonds. The first kappa shape index (κ1) is 9.95. The zero-order valence-electron chi connectivity index (χ0n) is 8.50. The van der Waals surface area contributed by atoms with E-state index in [0.29, 0.717) is 25.3 Å². The van der Waals surface area contributed by atoms with Gasteiger partial charge in [0, 0.05) is 0 Å². The molecule has 1 aliphatic rings. The molecule has 1 aromatic heterocycles. The van der Waals surface area contributed by atoms with E-state index in [-0.39, 0.29) is 11.7 Å². The SMILES string of the molecule is CCOC(=O)C1(c2n[nH]c(=O)[nH]2)CCC1. The molecule has 1 aromatic rings. The summed E-state index contributed by atoms with van der Waals surface area (Å²) in [7, 11) is 0. The summed E-state index contributed by atoms with van der Waals surface area (Å²) in [5.41, 5.74) is -1.10. The Kier molecular flexibility index (Phi) is 2.34. The minimum absolute atomic E-state index is 0.293. The number of aromatic nitrogens is 3. The molecule has 1 fully saturated rings. The van der Waals surface area contributed by atoms with E-state index >= 15 is 0 Å². The van der Waals surface area contributed by atoms with Crippen LogP contribution in [-0.2, 0) is 14.9 Å². The maximum atomic E-state index is 11.8. The van der Waals surface area contributed by atoms with Gasteiger partial charge in [0.05, 0.1) is 6.61 Å². The molecule has 1 heterocycles. The molecule has 0 aliphatic heterocycles. The van der Waals surface area contributed by atoms with Crippen LogP contribution < -0.4 is 5.69 Å². The molecule has 2 rings (SSSR count). The standard InChI is InChI=1S/C9H13N3O3/c1-2-15-7(13)9(4-3-5-9)6-10-8(14)12-11-6/h2-5H2,1H3,(H2,10,11,12,14). The van der Waals surface area contributed by atoms with Crippen molar-refractivity contribution in [1.82, 2.24) is 15.2 Å². The van der Waals surface area contributed by atoms with Gasteiger partial charge < -0.3 is 4.74 Å². The molecule has 0 radical (unpaired) electrons. The number of carbonyl (C=O) groups is 1. The van der Waals surface area contributed by atoms with E-state index < -0.39 is 5.41 Å². The van der Waals surface area contributed by atoms with Crippen molar-refractivity contribution >= 4 is 5.97 Å². The van der Waals surface area contributed by atoms with Crippen molar-refractivity contribution in [1.29, 1.82) is 0 Å². The Morgan fingerprint density at radius 3 is 2.73 bits per heavy atom. The second-order valence-electron chi connectivity index (χ2n) is 3.68. The monoisotopic (exact) mass is 211 g/mol. The third-order valence-electron chi connectivity index (χ3n) is 2.83. The second kappa shape index (κ2) is 3.52. The lowest BCUT2D eigenvalue weighted by atomic mass is 9.68. The third kappa shape index (κ3) is 1.45. The lowest BCUT2D eigenvalue weighted by Gasteiger charge is -2.36. The second-order valence-corrected chi connectivity index (χ2v) is 3.68. The molecule has 6 heteroatoms. The van der Waals surface area contributed by atoms with Crippen LogP contribution in [0.3, 0.4) is 0 Å². The van der Waals surface area contributed by atoms with E-state index in [0.717, 1.165) is 6.42 Å². The lowest BCUT2D eigenvalue weighted by Crippen LogP contribution is -2.44. The van der Waals surface area contributed by atoms with Crippen LogP contribution in [0.1, 0.15) is 32.0 Å². The van der Waals surface area contributed by atoms with Gasteiger partial charge in [-0.1, -0.05) is 6.42 Å². The van der Waals surface area contributed by atoms with Gasteiger partial charge in [-0.15, -0.1) is 0 Å². The number of carbonyl (C=O) groups excluding carboxylic acids is 1. The zero-order valence-corrected chi connectivity index (χ0v) is 8.50. The van der Waals surface area contributed by atoms with Crippen molar-refractivity contribution in [3.8, 4) is 0 Å². The van der Waals surface area contributed by atoms with Crippen molar-refractivity contribution in [3.05, 3.63) is 16.3 Å². The number of aromatic amines is 2. The number of H-pyrrole nitrogens is 2. The molecule has 0 saturated heterocycles. The average Bonchev–Trinajstić information content (AvgIpc) is 2.51. The molecule has 0 aromatic carbocycles. The molecule has 6 nitrogen and oxygen atoms in total. The van der Waals surface area contributed by atoms with Crippen molar-refractivity contribution in [3.63, 3.8) is 0 Å². The Hall–Kier alpha value is -1.59. The molecule has 0 bridgehead atoms. The highest BCUT2D eigenvalue weighted by Crippen LogP contribution is 2.42. The highest BCUT2D eigenvalue weighted by atomic mass is 16.5. The maximum absolute atomic E-state index is 11.8. The largest absolute Gasteiger partial charge is 0.465 e. The number of rotatable bonds is 3. The fourth-order valence-electron chi connectivity index (χ4n) is 1.83. The van der Waals surface area contributed by atoms with Gasteiger partial charge in [-0.25, -0.2) is 9.89 Å². The number of hydrogen-bond acceptors (Lipinski definition) is 4. The normalized spacial score (nSPS) is 18.2. The number of ether oxygens (including phenoxy) is 1. The van der Waals surface area contributed by atoms with Crippen LogP contribution in [0.25, 0.3) is 0 Å². The van der Waals surface area contributed by atoms with Gasteiger partial charge in [0.1, 0.15) is 11.2 Å². The minimum atomic E-state index is -0.713. The summed E-state index contributed by atoms with van der Waals surface area (Å²) in [6, 6.07) is 0. The van der Waals surface area contributed by atoms with Crippen molar-refractivity contribution in [2.75, 3.05) is 6.61 Å². The predicted octanol–water partition coefficient (Wildman–Crippen LogP) is 0.0828. The fourth-order valence-corrected chi connectivity index (χ4v) is 1.83.